The van der Waals surface area contributed by atoms with E-state index < -0.39 is 34.8 Å². The van der Waals surface area contributed by atoms with Gasteiger partial charge in [-0.05, 0) is 30.9 Å². The van der Waals surface area contributed by atoms with Crippen LogP contribution in [0.2, 0.25) is 0 Å². The second kappa shape index (κ2) is 8.09. The van der Waals surface area contributed by atoms with Gasteiger partial charge in [-0.15, -0.1) is 0 Å². The first-order valence-corrected chi connectivity index (χ1v) is 10.7. The van der Waals surface area contributed by atoms with E-state index >= 15 is 0 Å². The minimum Gasteiger partial charge on any atom is -0.467 e. The maximum atomic E-state index is 14.1. The third kappa shape index (κ3) is 3.70. The topological polar surface area (TPSA) is 98.6 Å². The summed E-state index contributed by atoms with van der Waals surface area (Å²) in [6.45, 7) is 1.33. The van der Waals surface area contributed by atoms with Crippen molar-refractivity contribution in [3.63, 3.8) is 0 Å². The fourth-order valence-electron chi connectivity index (χ4n) is 4.34. The van der Waals surface area contributed by atoms with Gasteiger partial charge in [-0.25, -0.2) is 4.79 Å². The number of rotatable bonds is 4. The Kier molecular flexibility index (Phi) is 5.28. The van der Waals surface area contributed by atoms with Gasteiger partial charge in [-0.1, -0.05) is 58.8 Å². The van der Waals surface area contributed by atoms with Crippen molar-refractivity contribution in [2.45, 2.75) is 31.5 Å². The summed E-state index contributed by atoms with van der Waals surface area (Å²) in [5, 5.41) is 18.3. The SMILES string of the molecule is COC(=O)[C@](C)(O)c1ccc2c(c1)CCc1c-2noc1-c1noc(-c2ccccc2)c1C(F)(F)F. The van der Waals surface area contributed by atoms with Crippen LogP contribution in [0.1, 0.15) is 29.2 Å². The lowest BCUT2D eigenvalue weighted by Gasteiger charge is -2.23. The van der Waals surface area contributed by atoms with Crippen LogP contribution >= 0.6 is 0 Å². The second-order valence-corrected chi connectivity index (χ2v) is 8.37. The van der Waals surface area contributed by atoms with Crippen LogP contribution in [0.3, 0.4) is 0 Å². The predicted octanol–water partition coefficient (Wildman–Crippen LogP) is 5.16. The van der Waals surface area contributed by atoms with Crippen LogP contribution in [0.5, 0.6) is 0 Å². The molecule has 0 amide bonds. The predicted molar refractivity (Wildman–Crippen MR) is 117 cm³/mol. The highest BCUT2D eigenvalue weighted by Gasteiger charge is 2.43. The molecule has 0 saturated heterocycles. The van der Waals surface area contributed by atoms with Crippen LogP contribution in [-0.2, 0) is 34.2 Å². The summed E-state index contributed by atoms with van der Waals surface area (Å²) in [5.41, 5.74) is -0.523. The van der Waals surface area contributed by atoms with Gasteiger partial charge in [0.15, 0.2) is 22.8 Å². The van der Waals surface area contributed by atoms with E-state index in [9.17, 15) is 23.1 Å². The number of halogens is 3. The number of aromatic nitrogens is 2. The number of aliphatic hydroxyl groups is 1. The number of hydrogen-bond acceptors (Lipinski definition) is 7. The summed E-state index contributed by atoms with van der Waals surface area (Å²) < 4.78 is 57.6. The lowest BCUT2D eigenvalue weighted by Crippen LogP contribution is -2.33. The summed E-state index contributed by atoms with van der Waals surface area (Å²) in [6.07, 6.45) is -4.01. The molecule has 7 nitrogen and oxygen atoms in total. The summed E-state index contributed by atoms with van der Waals surface area (Å²) >= 11 is 0. The molecule has 1 atom stereocenters. The maximum Gasteiger partial charge on any atom is 0.422 e. The molecule has 5 rings (SSSR count). The Balaban J connectivity index is 1.60. The van der Waals surface area contributed by atoms with Gasteiger partial charge in [0, 0.05) is 16.7 Å². The van der Waals surface area contributed by atoms with E-state index in [0.717, 1.165) is 5.56 Å². The van der Waals surface area contributed by atoms with Gasteiger partial charge in [0.1, 0.15) is 11.3 Å². The molecule has 10 heteroatoms. The fraction of sp³-hybridized carbons (Fsp3) is 0.240. The lowest BCUT2D eigenvalue weighted by atomic mass is 9.84. The highest BCUT2D eigenvalue weighted by Crippen LogP contribution is 2.46. The first kappa shape index (κ1) is 22.9. The van der Waals surface area contributed by atoms with Crippen LogP contribution in [-0.4, -0.2) is 28.5 Å². The Morgan fingerprint density at radius 2 is 1.69 bits per heavy atom. The Morgan fingerprint density at radius 1 is 1.00 bits per heavy atom. The molecule has 0 fully saturated rings. The number of aryl methyl sites for hydroxylation is 1. The number of alkyl halides is 3. The van der Waals surface area contributed by atoms with E-state index in [1.54, 1.807) is 36.4 Å². The summed E-state index contributed by atoms with van der Waals surface area (Å²) in [5.74, 6) is -1.31. The molecule has 0 aliphatic heterocycles. The maximum absolute atomic E-state index is 14.1. The molecule has 1 aliphatic rings. The number of ether oxygens (including phenoxy) is 1. The minimum atomic E-state index is -4.75. The summed E-state index contributed by atoms with van der Waals surface area (Å²) in [6, 6.07) is 12.8. The van der Waals surface area contributed by atoms with E-state index in [4.69, 9.17) is 9.05 Å². The number of hydrogen-bond donors (Lipinski definition) is 1. The molecule has 180 valence electrons. The Hall–Kier alpha value is -3.92. The van der Waals surface area contributed by atoms with Crippen LogP contribution in [0.4, 0.5) is 13.2 Å². The molecular weight excluding hydrogens is 465 g/mol. The monoisotopic (exact) mass is 484 g/mol. The van der Waals surface area contributed by atoms with Crippen molar-refractivity contribution in [2.24, 2.45) is 0 Å². The molecular formula is C25H19F3N2O5. The lowest BCUT2D eigenvalue weighted by molar-refractivity contribution is -0.161. The third-order valence-corrected chi connectivity index (χ3v) is 6.16. The number of nitrogens with zero attached hydrogens (tertiary/aromatic N) is 2. The molecule has 0 unspecified atom stereocenters. The van der Waals surface area contributed by atoms with E-state index in [1.165, 1.54) is 26.2 Å². The van der Waals surface area contributed by atoms with E-state index in [2.05, 4.69) is 15.1 Å². The normalized spacial score (nSPS) is 14.7. The number of fused-ring (bicyclic) bond motifs is 3. The van der Waals surface area contributed by atoms with Crippen LogP contribution < -0.4 is 0 Å². The van der Waals surface area contributed by atoms with E-state index in [1.807, 2.05) is 0 Å². The van der Waals surface area contributed by atoms with Crippen molar-refractivity contribution in [1.29, 1.82) is 0 Å². The average molecular weight is 484 g/mol. The molecule has 4 aromatic rings. The number of carbonyl (C=O) groups excluding carboxylic acids is 1. The largest absolute Gasteiger partial charge is 0.467 e. The second-order valence-electron chi connectivity index (χ2n) is 8.37. The minimum absolute atomic E-state index is 0.102. The van der Waals surface area contributed by atoms with Crippen molar-refractivity contribution in [1.82, 2.24) is 10.3 Å². The fourth-order valence-corrected chi connectivity index (χ4v) is 4.34. The molecule has 1 N–H and O–H groups in total. The van der Waals surface area contributed by atoms with Gasteiger partial charge < -0.3 is 18.9 Å². The number of carbonyl (C=O) groups is 1. The van der Waals surface area contributed by atoms with Gasteiger partial charge in [0.05, 0.1) is 7.11 Å². The Bertz CT molecular complexity index is 1420. The number of esters is 1. The first-order chi connectivity index (χ1) is 16.6. The van der Waals surface area contributed by atoms with Crippen molar-refractivity contribution in [3.05, 3.63) is 70.8 Å². The quantitative estimate of drug-likeness (QED) is 0.400. The van der Waals surface area contributed by atoms with Gasteiger partial charge in [0.2, 0.25) is 0 Å². The molecule has 2 heterocycles. The highest BCUT2D eigenvalue weighted by atomic mass is 19.4. The smallest absolute Gasteiger partial charge is 0.422 e. The zero-order valence-electron chi connectivity index (χ0n) is 18.6. The number of benzene rings is 2. The Labute approximate surface area is 197 Å². The standard InChI is InChI=1S/C25H19F3N2O5/c1-24(32,23(31)33-2)15-9-11-16-14(12-15)8-10-17-19(16)29-35-22(17)20-18(25(26,27)28)21(34-30-20)13-6-4-3-5-7-13/h3-7,9,11-12,32H,8,10H2,1-2H3/t24-/m1/s1. The van der Waals surface area contributed by atoms with Crippen molar-refractivity contribution in [3.8, 4) is 34.0 Å². The molecule has 35 heavy (non-hydrogen) atoms. The molecule has 0 radical (unpaired) electrons. The van der Waals surface area contributed by atoms with Gasteiger partial charge in [-0.3, -0.25) is 0 Å². The van der Waals surface area contributed by atoms with Crippen molar-refractivity contribution < 1.29 is 36.9 Å². The average Bonchev–Trinajstić information content (AvgIpc) is 3.48. The van der Waals surface area contributed by atoms with E-state index in [0.29, 0.717) is 35.2 Å². The van der Waals surface area contributed by atoms with Gasteiger partial charge >= 0.3 is 12.1 Å². The van der Waals surface area contributed by atoms with Gasteiger partial charge in [-0.2, -0.15) is 13.2 Å². The van der Waals surface area contributed by atoms with Crippen molar-refractivity contribution >= 4 is 5.97 Å². The highest BCUT2D eigenvalue weighted by molar-refractivity contribution is 5.82. The van der Waals surface area contributed by atoms with E-state index in [-0.39, 0.29) is 11.3 Å². The molecule has 0 spiro atoms. The zero-order chi connectivity index (χ0) is 25.0. The van der Waals surface area contributed by atoms with Crippen LogP contribution in [0.15, 0.2) is 57.6 Å². The van der Waals surface area contributed by atoms with Crippen molar-refractivity contribution in [2.75, 3.05) is 7.11 Å². The summed E-state index contributed by atoms with van der Waals surface area (Å²) in [4.78, 5) is 12.0. The summed E-state index contributed by atoms with van der Waals surface area (Å²) in [7, 11) is 1.18. The van der Waals surface area contributed by atoms with Crippen LogP contribution in [0.25, 0.3) is 34.0 Å². The Morgan fingerprint density at radius 3 is 2.37 bits per heavy atom. The molecule has 2 aromatic heterocycles. The molecule has 2 aromatic carbocycles. The van der Waals surface area contributed by atoms with Gasteiger partial charge in [0.25, 0.3) is 0 Å². The third-order valence-electron chi connectivity index (χ3n) is 6.16. The number of methoxy groups -OCH3 is 1. The molecule has 0 saturated carbocycles. The van der Waals surface area contributed by atoms with Crippen LogP contribution in [0, 0.1) is 0 Å². The zero-order valence-corrected chi connectivity index (χ0v) is 18.6. The first-order valence-electron chi connectivity index (χ1n) is 10.7. The molecule has 1 aliphatic carbocycles. The molecule has 0 bridgehead atoms.